The van der Waals surface area contributed by atoms with E-state index in [0.717, 1.165) is 25.5 Å². The third-order valence-corrected chi connectivity index (χ3v) is 2.81. The summed E-state index contributed by atoms with van der Waals surface area (Å²) in [6, 6.07) is 0. The number of hydrogen-bond donors (Lipinski definition) is 1. The van der Waals surface area contributed by atoms with Crippen molar-refractivity contribution in [3.8, 4) is 0 Å². The summed E-state index contributed by atoms with van der Waals surface area (Å²) in [7, 11) is 0. The smallest absolute Gasteiger partial charge is 0.363 e. The van der Waals surface area contributed by atoms with Gasteiger partial charge in [0.1, 0.15) is 6.20 Å². The van der Waals surface area contributed by atoms with E-state index in [-0.39, 0.29) is 6.10 Å². The molecule has 1 aromatic heterocycles. The van der Waals surface area contributed by atoms with Crippen molar-refractivity contribution >= 4 is 11.7 Å². The minimum Gasteiger partial charge on any atom is -0.476 e. The van der Waals surface area contributed by atoms with Gasteiger partial charge in [-0.05, 0) is 19.3 Å². The molecule has 2 heterocycles. The molecular formula is C10H13N3O5. The van der Waals surface area contributed by atoms with Crippen molar-refractivity contribution in [3.63, 3.8) is 0 Å². The maximum atomic E-state index is 10.8. The van der Waals surface area contributed by atoms with Crippen LogP contribution in [0.25, 0.3) is 0 Å². The SMILES string of the molecule is O=C(O)c1nn(CC2CCCCO2)cc1[N+](=O)[O-]. The molecule has 0 spiro atoms. The van der Waals surface area contributed by atoms with E-state index in [0.29, 0.717) is 13.2 Å². The molecule has 1 aliphatic rings. The number of hydrogen-bond acceptors (Lipinski definition) is 5. The van der Waals surface area contributed by atoms with E-state index in [1.54, 1.807) is 0 Å². The van der Waals surface area contributed by atoms with Gasteiger partial charge in [-0.15, -0.1) is 0 Å². The lowest BCUT2D eigenvalue weighted by molar-refractivity contribution is -0.385. The minimum absolute atomic E-state index is 0.0556. The predicted molar refractivity (Wildman–Crippen MR) is 59.4 cm³/mol. The van der Waals surface area contributed by atoms with Gasteiger partial charge in [0.15, 0.2) is 0 Å². The van der Waals surface area contributed by atoms with Gasteiger partial charge in [0.2, 0.25) is 5.69 Å². The number of nitrogens with zero attached hydrogens (tertiary/aromatic N) is 3. The van der Waals surface area contributed by atoms with Crippen LogP contribution in [0.5, 0.6) is 0 Å². The standard InChI is InChI=1S/C10H13N3O5/c14-10(15)9-8(13(16)17)6-12(11-9)5-7-3-1-2-4-18-7/h6-7H,1-5H2,(H,14,15). The summed E-state index contributed by atoms with van der Waals surface area (Å²) in [6.07, 6.45) is 3.99. The molecule has 0 radical (unpaired) electrons. The number of carboxylic acid groups (broad SMARTS) is 1. The Kier molecular flexibility index (Phi) is 3.56. The highest BCUT2D eigenvalue weighted by atomic mass is 16.6. The fourth-order valence-electron chi connectivity index (χ4n) is 1.95. The van der Waals surface area contributed by atoms with E-state index in [2.05, 4.69) is 5.10 Å². The van der Waals surface area contributed by atoms with E-state index < -0.39 is 22.3 Å². The Morgan fingerprint density at radius 3 is 2.94 bits per heavy atom. The Hall–Kier alpha value is -1.96. The van der Waals surface area contributed by atoms with Gasteiger partial charge in [-0.25, -0.2) is 4.79 Å². The Morgan fingerprint density at radius 2 is 2.44 bits per heavy atom. The molecule has 1 aromatic rings. The quantitative estimate of drug-likeness (QED) is 0.636. The highest BCUT2D eigenvalue weighted by Crippen LogP contribution is 2.19. The zero-order valence-electron chi connectivity index (χ0n) is 9.61. The Bertz CT molecular complexity index is 433. The second-order valence-corrected chi connectivity index (χ2v) is 4.14. The van der Waals surface area contributed by atoms with Crippen LogP contribution >= 0.6 is 0 Å². The van der Waals surface area contributed by atoms with E-state index >= 15 is 0 Å². The van der Waals surface area contributed by atoms with Crippen molar-refractivity contribution < 1.29 is 19.6 Å². The van der Waals surface area contributed by atoms with Crippen LogP contribution in [0, 0.1) is 10.1 Å². The molecule has 1 atom stereocenters. The molecule has 0 aliphatic carbocycles. The molecule has 0 saturated carbocycles. The van der Waals surface area contributed by atoms with Crippen molar-refractivity contribution in [2.75, 3.05) is 6.61 Å². The number of aromatic carboxylic acids is 1. The Morgan fingerprint density at radius 1 is 1.67 bits per heavy atom. The molecule has 0 aromatic carbocycles. The summed E-state index contributed by atoms with van der Waals surface area (Å²) < 4.78 is 6.75. The summed E-state index contributed by atoms with van der Waals surface area (Å²) in [4.78, 5) is 20.8. The highest BCUT2D eigenvalue weighted by Gasteiger charge is 2.26. The lowest BCUT2D eigenvalue weighted by Crippen LogP contribution is -2.24. The number of carboxylic acids is 1. The predicted octanol–water partition coefficient (Wildman–Crippen LogP) is 1.06. The molecule has 0 amide bonds. The van der Waals surface area contributed by atoms with Crippen LogP contribution in [-0.4, -0.2) is 38.5 Å². The first kappa shape index (κ1) is 12.5. The topological polar surface area (TPSA) is 107 Å². The molecule has 1 unspecified atom stereocenters. The summed E-state index contributed by atoms with van der Waals surface area (Å²) in [5, 5.41) is 23.2. The largest absolute Gasteiger partial charge is 0.476 e. The summed E-state index contributed by atoms with van der Waals surface area (Å²) in [6.45, 7) is 1.01. The fraction of sp³-hybridized carbons (Fsp3) is 0.600. The number of carbonyl (C=O) groups is 1. The van der Waals surface area contributed by atoms with Gasteiger partial charge >= 0.3 is 11.7 Å². The van der Waals surface area contributed by atoms with Crippen molar-refractivity contribution in [1.29, 1.82) is 0 Å². The maximum Gasteiger partial charge on any atom is 0.363 e. The zero-order valence-corrected chi connectivity index (χ0v) is 9.61. The maximum absolute atomic E-state index is 10.8. The van der Waals surface area contributed by atoms with Crippen LogP contribution in [-0.2, 0) is 11.3 Å². The van der Waals surface area contributed by atoms with E-state index in [4.69, 9.17) is 9.84 Å². The average molecular weight is 255 g/mol. The molecule has 1 aliphatic heterocycles. The van der Waals surface area contributed by atoms with Gasteiger partial charge in [0.25, 0.3) is 0 Å². The summed E-state index contributed by atoms with van der Waals surface area (Å²) in [5.74, 6) is -1.40. The van der Waals surface area contributed by atoms with Crippen molar-refractivity contribution in [1.82, 2.24) is 9.78 Å². The van der Waals surface area contributed by atoms with Crippen molar-refractivity contribution in [2.45, 2.75) is 31.9 Å². The van der Waals surface area contributed by atoms with Gasteiger partial charge in [-0.1, -0.05) is 0 Å². The van der Waals surface area contributed by atoms with Crippen LogP contribution in [0.3, 0.4) is 0 Å². The van der Waals surface area contributed by atoms with Crippen LogP contribution < -0.4 is 0 Å². The first-order valence-corrected chi connectivity index (χ1v) is 5.64. The number of rotatable bonds is 4. The lowest BCUT2D eigenvalue weighted by Gasteiger charge is -2.22. The highest BCUT2D eigenvalue weighted by molar-refractivity contribution is 5.89. The number of nitro groups is 1. The first-order valence-electron chi connectivity index (χ1n) is 5.64. The molecule has 0 bridgehead atoms. The van der Waals surface area contributed by atoms with E-state index in [1.165, 1.54) is 4.68 Å². The third-order valence-electron chi connectivity index (χ3n) is 2.81. The van der Waals surface area contributed by atoms with E-state index in [1.807, 2.05) is 0 Å². The number of aromatic nitrogens is 2. The molecule has 1 fully saturated rings. The molecule has 8 nitrogen and oxygen atoms in total. The average Bonchev–Trinajstić information content (AvgIpc) is 2.74. The molecule has 98 valence electrons. The minimum atomic E-state index is -1.40. The van der Waals surface area contributed by atoms with Gasteiger partial charge in [0.05, 0.1) is 17.6 Å². The van der Waals surface area contributed by atoms with Crippen LogP contribution in [0.4, 0.5) is 5.69 Å². The molecule has 2 rings (SSSR count). The fourth-order valence-corrected chi connectivity index (χ4v) is 1.95. The normalized spacial score (nSPS) is 19.7. The first-order chi connectivity index (χ1) is 8.58. The van der Waals surface area contributed by atoms with Crippen LogP contribution in [0.1, 0.15) is 29.8 Å². The van der Waals surface area contributed by atoms with Crippen molar-refractivity contribution in [3.05, 3.63) is 22.0 Å². The molecular weight excluding hydrogens is 242 g/mol. The lowest BCUT2D eigenvalue weighted by atomic mass is 10.1. The van der Waals surface area contributed by atoms with Crippen LogP contribution in [0.15, 0.2) is 6.20 Å². The Labute approximate surface area is 102 Å². The third kappa shape index (κ3) is 2.65. The zero-order chi connectivity index (χ0) is 13.1. The Balaban J connectivity index is 2.15. The molecule has 1 saturated heterocycles. The molecule has 8 heteroatoms. The van der Waals surface area contributed by atoms with Gasteiger partial charge in [-0.3, -0.25) is 14.8 Å². The van der Waals surface area contributed by atoms with E-state index in [9.17, 15) is 14.9 Å². The van der Waals surface area contributed by atoms with Crippen molar-refractivity contribution in [2.24, 2.45) is 0 Å². The molecule has 1 N–H and O–H groups in total. The van der Waals surface area contributed by atoms with Crippen LogP contribution in [0.2, 0.25) is 0 Å². The van der Waals surface area contributed by atoms with Gasteiger partial charge < -0.3 is 9.84 Å². The second-order valence-electron chi connectivity index (χ2n) is 4.14. The monoisotopic (exact) mass is 255 g/mol. The summed E-state index contributed by atoms with van der Waals surface area (Å²) >= 11 is 0. The summed E-state index contributed by atoms with van der Waals surface area (Å²) in [5.41, 5.74) is -1.02. The van der Waals surface area contributed by atoms with Gasteiger partial charge in [0, 0.05) is 6.61 Å². The number of ether oxygens (including phenoxy) is 1. The molecule has 18 heavy (non-hydrogen) atoms. The second kappa shape index (κ2) is 5.13. The van der Waals surface area contributed by atoms with Gasteiger partial charge in [-0.2, -0.15) is 5.10 Å².